The van der Waals surface area contributed by atoms with Gasteiger partial charge in [-0.25, -0.2) is 0 Å². The lowest BCUT2D eigenvalue weighted by molar-refractivity contribution is -0.141. The van der Waals surface area contributed by atoms with Crippen LogP contribution in [-0.4, -0.2) is 31.1 Å². The molecule has 1 saturated carbocycles. The largest absolute Gasteiger partial charge is 0.481 e. The number of carbonyl (C=O) groups is 1. The molecule has 1 saturated heterocycles. The molecule has 3 rings (SSSR count). The molecule has 5 atom stereocenters. The highest BCUT2D eigenvalue weighted by molar-refractivity contribution is 5.74. The van der Waals surface area contributed by atoms with Crippen LogP contribution in [0.15, 0.2) is 11.1 Å². The first-order valence-corrected chi connectivity index (χ1v) is 9.79. The molecule has 4 nitrogen and oxygen atoms in total. The predicted molar refractivity (Wildman–Crippen MR) is 97.1 cm³/mol. The summed E-state index contributed by atoms with van der Waals surface area (Å²) in [6, 6.07) is 0. The standard InChI is InChI=1S/C21H34O4/c1-13(18(22)23)16-15(21(4)10-6-9-20(2,3)12-21)8-7-14-11-25-19(24-5)17(14)16/h13-14,17,19H,6-12H2,1-5H3,(H,22,23)/t13?,14?,17?,19-,21+/m1/s1. The number of fused-ring (bicyclic) bond motifs is 1. The van der Waals surface area contributed by atoms with Crippen LogP contribution in [-0.2, 0) is 14.3 Å². The summed E-state index contributed by atoms with van der Waals surface area (Å²) in [6.45, 7) is 9.62. The van der Waals surface area contributed by atoms with E-state index in [2.05, 4.69) is 20.8 Å². The molecule has 142 valence electrons. The molecule has 2 fully saturated rings. The summed E-state index contributed by atoms with van der Waals surface area (Å²) >= 11 is 0. The highest BCUT2D eigenvalue weighted by Crippen LogP contribution is 2.56. The average molecular weight is 350 g/mol. The molecule has 2 aliphatic carbocycles. The molecule has 0 bridgehead atoms. The third-order valence-corrected chi connectivity index (χ3v) is 7.00. The smallest absolute Gasteiger partial charge is 0.310 e. The van der Waals surface area contributed by atoms with E-state index in [1.54, 1.807) is 7.11 Å². The highest BCUT2D eigenvalue weighted by Gasteiger charge is 2.50. The number of rotatable bonds is 4. The summed E-state index contributed by atoms with van der Waals surface area (Å²) in [6.07, 6.45) is 6.60. The molecule has 0 aromatic heterocycles. The Morgan fingerprint density at radius 2 is 2.04 bits per heavy atom. The molecule has 0 spiro atoms. The monoisotopic (exact) mass is 350 g/mol. The van der Waals surface area contributed by atoms with Crippen molar-refractivity contribution in [2.24, 2.45) is 28.6 Å². The van der Waals surface area contributed by atoms with Gasteiger partial charge in [0.05, 0.1) is 12.5 Å². The first-order valence-electron chi connectivity index (χ1n) is 9.79. The minimum atomic E-state index is -0.728. The highest BCUT2D eigenvalue weighted by atomic mass is 16.7. The number of ether oxygens (including phenoxy) is 2. The summed E-state index contributed by atoms with van der Waals surface area (Å²) in [5.74, 6) is -0.704. The summed E-state index contributed by atoms with van der Waals surface area (Å²) in [5, 5.41) is 9.80. The molecule has 3 unspecified atom stereocenters. The second-order valence-corrected chi connectivity index (χ2v) is 9.51. The third-order valence-electron chi connectivity index (χ3n) is 7.00. The first-order chi connectivity index (χ1) is 11.7. The molecule has 0 radical (unpaired) electrons. The molecule has 25 heavy (non-hydrogen) atoms. The molecule has 0 aromatic rings. The minimum absolute atomic E-state index is 0.0988. The second-order valence-electron chi connectivity index (χ2n) is 9.51. The van der Waals surface area contributed by atoms with Crippen LogP contribution in [0.4, 0.5) is 0 Å². The maximum atomic E-state index is 11.9. The summed E-state index contributed by atoms with van der Waals surface area (Å²) in [4.78, 5) is 11.9. The first kappa shape index (κ1) is 18.9. The van der Waals surface area contributed by atoms with Crippen LogP contribution in [0.25, 0.3) is 0 Å². The number of carboxylic acid groups (broad SMARTS) is 1. The van der Waals surface area contributed by atoms with Crippen molar-refractivity contribution in [3.63, 3.8) is 0 Å². The molecular weight excluding hydrogens is 316 g/mol. The maximum Gasteiger partial charge on any atom is 0.310 e. The zero-order chi connectivity index (χ0) is 18.4. The Morgan fingerprint density at radius 1 is 1.32 bits per heavy atom. The van der Waals surface area contributed by atoms with Gasteiger partial charge in [0, 0.05) is 13.0 Å². The van der Waals surface area contributed by atoms with E-state index in [1.165, 1.54) is 18.4 Å². The Labute approximate surface area is 152 Å². The van der Waals surface area contributed by atoms with Crippen LogP contribution in [0.3, 0.4) is 0 Å². The fourth-order valence-electron chi connectivity index (χ4n) is 5.98. The molecule has 4 heteroatoms. The number of aliphatic carboxylic acids is 1. The predicted octanol–water partition coefficient (Wildman–Crippen LogP) is 4.64. The van der Waals surface area contributed by atoms with E-state index in [0.29, 0.717) is 17.9 Å². The summed E-state index contributed by atoms with van der Waals surface area (Å²) < 4.78 is 11.5. The van der Waals surface area contributed by atoms with Crippen LogP contribution >= 0.6 is 0 Å². The van der Waals surface area contributed by atoms with Gasteiger partial charge in [0.2, 0.25) is 0 Å². The molecule has 1 aliphatic heterocycles. The number of carboxylic acids is 1. The fourth-order valence-corrected chi connectivity index (χ4v) is 5.98. The zero-order valence-corrected chi connectivity index (χ0v) is 16.4. The quantitative estimate of drug-likeness (QED) is 0.751. The van der Waals surface area contributed by atoms with Crippen LogP contribution in [0.2, 0.25) is 0 Å². The van der Waals surface area contributed by atoms with E-state index < -0.39 is 11.9 Å². The van der Waals surface area contributed by atoms with Gasteiger partial charge in [-0.2, -0.15) is 0 Å². The van der Waals surface area contributed by atoms with Crippen molar-refractivity contribution < 1.29 is 19.4 Å². The fraction of sp³-hybridized carbons (Fsp3) is 0.857. The van der Waals surface area contributed by atoms with E-state index in [9.17, 15) is 9.90 Å². The normalized spacial score (nSPS) is 39.2. The van der Waals surface area contributed by atoms with Crippen molar-refractivity contribution in [1.82, 2.24) is 0 Å². The van der Waals surface area contributed by atoms with E-state index in [-0.39, 0.29) is 17.6 Å². The van der Waals surface area contributed by atoms with Crippen molar-refractivity contribution >= 4 is 5.97 Å². The van der Waals surface area contributed by atoms with Gasteiger partial charge in [0.25, 0.3) is 0 Å². The number of allylic oxidation sites excluding steroid dienone is 1. The van der Waals surface area contributed by atoms with Crippen molar-refractivity contribution in [2.45, 2.75) is 72.5 Å². The summed E-state index contributed by atoms with van der Waals surface area (Å²) in [5.41, 5.74) is 2.95. The average Bonchev–Trinajstić information content (AvgIpc) is 2.95. The van der Waals surface area contributed by atoms with Crippen molar-refractivity contribution in [3.05, 3.63) is 11.1 Å². The lowest BCUT2D eigenvalue weighted by atomic mass is 9.56. The number of hydrogen-bond acceptors (Lipinski definition) is 3. The lowest BCUT2D eigenvalue weighted by Crippen LogP contribution is -2.39. The van der Waals surface area contributed by atoms with Crippen LogP contribution in [0.5, 0.6) is 0 Å². The Morgan fingerprint density at radius 3 is 2.64 bits per heavy atom. The molecule has 1 N–H and O–H groups in total. The molecule has 1 heterocycles. The molecule has 0 amide bonds. The molecule has 0 aromatic carbocycles. The van der Waals surface area contributed by atoms with Gasteiger partial charge in [-0.15, -0.1) is 0 Å². The van der Waals surface area contributed by atoms with Crippen LogP contribution < -0.4 is 0 Å². The number of hydrogen-bond donors (Lipinski definition) is 1. The lowest BCUT2D eigenvalue weighted by Gasteiger charge is -2.48. The van der Waals surface area contributed by atoms with Gasteiger partial charge in [0.15, 0.2) is 6.29 Å². The van der Waals surface area contributed by atoms with Gasteiger partial charge in [-0.3, -0.25) is 4.79 Å². The van der Waals surface area contributed by atoms with Crippen molar-refractivity contribution in [1.29, 1.82) is 0 Å². The van der Waals surface area contributed by atoms with Crippen molar-refractivity contribution in [3.8, 4) is 0 Å². The molecule has 3 aliphatic rings. The molecular formula is C21H34O4. The van der Waals surface area contributed by atoms with E-state index in [1.807, 2.05) is 6.92 Å². The van der Waals surface area contributed by atoms with E-state index in [4.69, 9.17) is 9.47 Å². The van der Waals surface area contributed by atoms with Gasteiger partial charge in [-0.05, 0) is 61.3 Å². The topological polar surface area (TPSA) is 55.8 Å². The van der Waals surface area contributed by atoms with Gasteiger partial charge in [-0.1, -0.05) is 32.8 Å². The van der Waals surface area contributed by atoms with Crippen molar-refractivity contribution in [2.75, 3.05) is 13.7 Å². The maximum absolute atomic E-state index is 11.9. The van der Waals surface area contributed by atoms with Gasteiger partial charge >= 0.3 is 5.97 Å². The Hall–Kier alpha value is -0.870. The zero-order valence-electron chi connectivity index (χ0n) is 16.4. The Balaban J connectivity index is 2.08. The Bertz CT molecular complexity index is 564. The minimum Gasteiger partial charge on any atom is -0.481 e. The third kappa shape index (κ3) is 3.40. The van der Waals surface area contributed by atoms with Crippen LogP contribution in [0.1, 0.15) is 66.2 Å². The second kappa shape index (κ2) is 6.70. The van der Waals surface area contributed by atoms with Crippen LogP contribution in [0, 0.1) is 28.6 Å². The Kier molecular flexibility index (Phi) is 5.06. The SMILES string of the molecule is CO[C@@H]1OCC2CCC([C@@]3(C)CCCC(C)(C)C3)=C(C(C)C(=O)O)C21. The number of methoxy groups -OCH3 is 1. The van der Waals surface area contributed by atoms with Gasteiger partial charge in [0.1, 0.15) is 0 Å². The van der Waals surface area contributed by atoms with Gasteiger partial charge < -0.3 is 14.6 Å². The van der Waals surface area contributed by atoms with E-state index in [0.717, 1.165) is 31.3 Å². The van der Waals surface area contributed by atoms with E-state index >= 15 is 0 Å². The summed E-state index contributed by atoms with van der Waals surface area (Å²) in [7, 11) is 1.68.